The van der Waals surface area contributed by atoms with Gasteiger partial charge in [-0.05, 0) is 55.2 Å². The zero-order valence-corrected chi connectivity index (χ0v) is 16.3. The normalized spacial score (nSPS) is 29.2. The molecule has 3 rings (SSSR count). The van der Waals surface area contributed by atoms with Gasteiger partial charge in [0.2, 0.25) is 0 Å². The zero-order chi connectivity index (χ0) is 19.1. The Kier molecular flexibility index (Phi) is 5.06. The molecule has 1 aromatic rings. The molecule has 2 aliphatic rings. The van der Waals surface area contributed by atoms with Crippen LogP contribution in [0.25, 0.3) is 0 Å². The third-order valence-corrected chi connectivity index (χ3v) is 6.06. The van der Waals surface area contributed by atoms with Crippen molar-refractivity contribution in [3.05, 3.63) is 34.9 Å². The predicted molar refractivity (Wildman–Crippen MR) is 99.1 cm³/mol. The summed E-state index contributed by atoms with van der Waals surface area (Å²) in [5.74, 6) is -0.828. The van der Waals surface area contributed by atoms with Crippen LogP contribution in [0.4, 0.5) is 0 Å². The second-order valence-electron chi connectivity index (χ2n) is 8.44. The standard InChI is InChI=1S/C20H26ClNO4/c1-19(2,3)14-7-9-20(10-8-14)22(16(12-26-20)18(24)25)17(23)13-5-4-6-15(21)11-13/h4-6,11,14,16H,7-10,12H2,1-3H3,(H,24,25). The summed E-state index contributed by atoms with van der Waals surface area (Å²) in [4.78, 5) is 26.4. The summed E-state index contributed by atoms with van der Waals surface area (Å²) in [6, 6.07) is 5.67. The molecule has 1 saturated carbocycles. The summed E-state index contributed by atoms with van der Waals surface area (Å²) in [6.45, 7) is 6.70. The van der Waals surface area contributed by atoms with Crippen molar-refractivity contribution in [3.8, 4) is 0 Å². The highest BCUT2D eigenvalue weighted by molar-refractivity contribution is 6.31. The van der Waals surface area contributed by atoms with Crippen LogP contribution in [-0.4, -0.2) is 40.3 Å². The minimum atomic E-state index is -1.03. The lowest BCUT2D eigenvalue weighted by Crippen LogP contribution is -2.55. The lowest BCUT2D eigenvalue weighted by atomic mass is 9.70. The van der Waals surface area contributed by atoms with Crippen LogP contribution >= 0.6 is 11.6 Å². The van der Waals surface area contributed by atoms with Crippen molar-refractivity contribution < 1.29 is 19.4 Å². The third kappa shape index (κ3) is 3.47. The summed E-state index contributed by atoms with van der Waals surface area (Å²) in [6.07, 6.45) is 3.14. The molecule has 1 spiro atoms. The maximum atomic E-state index is 13.2. The Morgan fingerprint density at radius 1 is 1.27 bits per heavy atom. The number of amides is 1. The SMILES string of the molecule is CC(C)(C)C1CCC2(CC1)OCC(C(=O)O)N2C(=O)c1cccc(Cl)c1. The van der Waals surface area contributed by atoms with Gasteiger partial charge in [0.25, 0.3) is 5.91 Å². The third-order valence-electron chi connectivity index (χ3n) is 5.83. The number of rotatable bonds is 2. The molecule has 142 valence electrons. The lowest BCUT2D eigenvalue weighted by Gasteiger charge is -2.46. The van der Waals surface area contributed by atoms with Crippen molar-refractivity contribution in [2.45, 2.75) is 58.2 Å². The number of aliphatic carboxylic acids is 1. The van der Waals surface area contributed by atoms with Crippen LogP contribution in [0.3, 0.4) is 0 Å². The van der Waals surface area contributed by atoms with E-state index in [1.165, 1.54) is 4.90 Å². The average Bonchev–Trinajstić information content (AvgIpc) is 2.92. The highest BCUT2D eigenvalue weighted by Gasteiger charge is 2.54. The second kappa shape index (κ2) is 6.86. The van der Waals surface area contributed by atoms with E-state index < -0.39 is 17.7 Å². The van der Waals surface area contributed by atoms with Crippen molar-refractivity contribution in [2.75, 3.05) is 6.61 Å². The van der Waals surface area contributed by atoms with E-state index in [9.17, 15) is 14.7 Å². The summed E-state index contributed by atoms with van der Waals surface area (Å²) < 4.78 is 5.99. The molecule has 5 nitrogen and oxygen atoms in total. The molecule has 0 radical (unpaired) electrons. The molecule has 1 unspecified atom stereocenters. The van der Waals surface area contributed by atoms with Crippen LogP contribution in [0.5, 0.6) is 0 Å². The first-order valence-corrected chi connectivity index (χ1v) is 9.48. The van der Waals surface area contributed by atoms with Gasteiger partial charge in [0.15, 0.2) is 6.04 Å². The summed E-state index contributed by atoms with van der Waals surface area (Å²) in [5.41, 5.74) is -0.245. The van der Waals surface area contributed by atoms with Crippen molar-refractivity contribution in [2.24, 2.45) is 11.3 Å². The predicted octanol–water partition coefficient (Wildman–Crippen LogP) is 4.20. The quantitative estimate of drug-likeness (QED) is 0.836. The van der Waals surface area contributed by atoms with Gasteiger partial charge in [0, 0.05) is 10.6 Å². The van der Waals surface area contributed by atoms with E-state index in [1.54, 1.807) is 24.3 Å². The first kappa shape index (κ1) is 19.2. The molecule has 1 aromatic carbocycles. The Morgan fingerprint density at radius 3 is 2.46 bits per heavy atom. The molecule has 2 fully saturated rings. The Hall–Kier alpha value is -1.59. The Bertz CT molecular complexity index is 704. The maximum absolute atomic E-state index is 13.2. The van der Waals surface area contributed by atoms with Crippen LogP contribution in [0.1, 0.15) is 56.8 Å². The van der Waals surface area contributed by atoms with Gasteiger partial charge in [0.1, 0.15) is 5.72 Å². The fourth-order valence-electron chi connectivity index (χ4n) is 4.25. The van der Waals surface area contributed by atoms with Crippen LogP contribution in [0.2, 0.25) is 5.02 Å². The number of halogens is 1. The topological polar surface area (TPSA) is 66.8 Å². The largest absolute Gasteiger partial charge is 0.480 e. The Balaban J connectivity index is 1.90. The molecule has 6 heteroatoms. The lowest BCUT2D eigenvalue weighted by molar-refractivity contribution is -0.144. The van der Waals surface area contributed by atoms with E-state index in [-0.39, 0.29) is 17.9 Å². The van der Waals surface area contributed by atoms with Crippen molar-refractivity contribution in [1.29, 1.82) is 0 Å². The molecule has 0 bridgehead atoms. The van der Waals surface area contributed by atoms with Gasteiger partial charge >= 0.3 is 5.97 Å². The van der Waals surface area contributed by atoms with Crippen LogP contribution < -0.4 is 0 Å². The molecule has 1 atom stereocenters. The van der Waals surface area contributed by atoms with Crippen molar-refractivity contribution >= 4 is 23.5 Å². The van der Waals surface area contributed by atoms with Gasteiger partial charge in [-0.25, -0.2) is 4.79 Å². The van der Waals surface area contributed by atoms with Crippen molar-refractivity contribution in [3.63, 3.8) is 0 Å². The maximum Gasteiger partial charge on any atom is 0.328 e. The van der Waals surface area contributed by atoms with Crippen molar-refractivity contribution in [1.82, 2.24) is 4.90 Å². The molecule has 1 saturated heterocycles. The Morgan fingerprint density at radius 2 is 1.92 bits per heavy atom. The van der Waals surface area contributed by atoms with E-state index >= 15 is 0 Å². The van der Waals surface area contributed by atoms with E-state index in [1.807, 2.05) is 0 Å². The molecular weight excluding hydrogens is 354 g/mol. The minimum Gasteiger partial charge on any atom is -0.480 e. The average molecular weight is 380 g/mol. The molecule has 1 amide bonds. The molecular formula is C20H26ClNO4. The van der Waals surface area contributed by atoms with E-state index in [0.717, 1.165) is 12.8 Å². The van der Waals surface area contributed by atoms with Gasteiger partial charge in [-0.2, -0.15) is 0 Å². The van der Waals surface area contributed by atoms with Crippen LogP contribution in [0, 0.1) is 11.3 Å². The first-order chi connectivity index (χ1) is 12.1. The zero-order valence-electron chi connectivity index (χ0n) is 15.5. The van der Waals surface area contributed by atoms with Gasteiger partial charge in [-0.15, -0.1) is 0 Å². The Labute approximate surface area is 159 Å². The second-order valence-corrected chi connectivity index (χ2v) is 8.87. The molecule has 1 aliphatic carbocycles. The van der Waals surface area contributed by atoms with Crippen LogP contribution in [0.15, 0.2) is 24.3 Å². The van der Waals surface area contributed by atoms with E-state index in [4.69, 9.17) is 16.3 Å². The number of carbonyl (C=O) groups is 2. The molecule has 1 heterocycles. The summed E-state index contributed by atoms with van der Waals surface area (Å²) in [7, 11) is 0. The number of carboxylic acids is 1. The van der Waals surface area contributed by atoms with E-state index in [2.05, 4.69) is 20.8 Å². The van der Waals surface area contributed by atoms with Gasteiger partial charge in [-0.1, -0.05) is 38.4 Å². The number of carbonyl (C=O) groups excluding carboxylic acids is 1. The number of carboxylic acid groups (broad SMARTS) is 1. The number of ether oxygens (including phenoxy) is 1. The fourth-order valence-corrected chi connectivity index (χ4v) is 4.44. The highest BCUT2D eigenvalue weighted by Crippen LogP contribution is 2.47. The molecule has 26 heavy (non-hydrogen) atoms. The molecule has 1 N–H and O–H groups in total. The number of benzene rings is 1. The number of hydrogen-bond acceptors (Lipinski definition) is 3. The fraction of sp³-hybridized carbons (Fsp3) is 0.600. The summed E-state index contributed by atoms with van der Waals surface area (Å²) in [5, 5.41) is 10.1. The monoisotopic (exact) mass is 379 g/mol. The number of nitrogens with zero attached hydrogens (tertiary/aromatic N) is 1. The number of hydrogen-bond donors (Lipinski definition) is 1. The minimum absolute atomic E-state index is 0.0296. The van der Waals surface area contributed by atoms with Crippen LogP contribution in [-0.2, 0) is 9.53 Å². The first-order valence-electron chi connectivity index (χ1n) is 9.10. The summed E-state index contributed by atoms with van der Waals surface area (Å²) >= 11 is 6.02. The van der Waals surface area contributed by atoms with Gasteiger partial charge < -0.3 is 9.84 Å². The van der Waals surface area contributed by atoms with E-state index in [0.29, 0.717) is 29.3 Å². The smallest absolute Gasteiger partial charge is 0.328 e. The van der Waals surface area contributed by atoms with Gasteiger partial charge in [0.05, 0.1) is 6.61 Å². The molecule has 1 aliphatic heterocycles. The highest BCUT2D eigenvalue weighted by atomic mass is 35.5. The van der Waals surface area contributed by atoms with Gasteiger partial charge in [-0.3, -0.25) is 9.69 Å². The molecule has 0 aromatic heterocycles.